The predicted molar refractivity (Wildman–Crippen MR) is 98.1 cm³/mol. The summed E-state index contributed by atoms with van der Waals surface area (Å²) in [5.74, 6) is 0.206. The molecule has 0 aromatic heterocycles. The van der Waals surface area contributed by atoms with Crippen molar-refractivity contribution in [3.8, 4) is 0 Å². The van der Waals surface area contributed by atoms with Gasteiger partial charge in [0.05, 0.1) is 0 Å². The molecule has 0 fully saturated rings. The topological polar surface area (TPSA) is 65.7 Å². The van der Waals surface area contributed by atoms with E-state index in [1.165, 1.54) is 5.56 Å². The maximum absolute atomic E-state index is 5.97. The van der Waals surface area contributed by atoms with Crippen LogP contribution in [0.1, 0.15) is 19.5 Å². The summed E-state index contributed by atoms with van der Waals surface area (Å²) >= 11 is 0. The van der Waals surface area contributed by atoms with Gasteiger partial charge in [-0.1, -0.05) is 36.9 Å². The van der Waals surface area contributed by atoms with Crippen LogP contribution in [-0.4, -0.2) is 42.7 Å². The van der Waals surface area contributed by atoms with Gasteiger partial charge in [-0.3, -0.25) is 0 Å². The van der Waals surface area contributed by atoms with Gasteiger partial charge < -0.3 is 36.7 Å². The van der Waals surface area contributed by atoms with Crippen LogP contribution < -0.4 is 23.5 Å². The summed E-state index contributed by atoms with van der Waals surface area (Å²) in [5.41, 5.74) is 8.33. The van der Waals surface area contributed by atoms with Gasteiger partial charge >= 0.3 is 10.2 Å². The molecule has 1 rings (SSSR count). The van der Waals surface area contributed by atoms with E-state index in [2.05, 4.69) is 31.0 Å². The fourth-order valence-electron chi connectivity index (χ4n) is 2.62. The third kappa shape index (κ3) is 6.29. The van der Waals surface area contributed by atoms with E-state index in [0.29, 0.717) is 12.6 Å². The molecule has 0 spiro atoms. The van der Waals surface area contributed by atoms with Gasteiger partial charge in [0.25, 0.3) is 0 Å². The smallest absolute Gasteiger partial charge is 1.00 e. The van der Waals surface area contributed by atoms with Gasteiger partial charge in [-0.05, 0) is 30.5 Å². The number of halogens is 1. The summed E-state index contributed by atoms with van der Waals surface area (Å²) in [6.07, 6.45) is 1.88. The first-order chi connectivity index (χ1) is 11.1. The van der Waals surface area contributed by atoms with Crippen molar-refractivity contribution in [1.82, 2.24) is 5.32 Å². The summed E-state index contributed by atoms with van der Waals surface area (Å²) in [6, 6.07) is 9.12. The SMILES string of the molecule is C=Cc1ccccc1CNC(C)C(CN)C[Si](OC)(OC)OC.[Cl-].[H+]. The molecule has 0 aliphatic carbocycles. The van der Waals surface area contributed by atoms with Crippen molar-refractivity contribution in [2.45, 2.75) is 25.6 Å². The van der Waals surface area contributed by atoms with E-state index in [-0.39, 0.29) is 25.8 Å². The first-order valence-corrected chi connectivity index (χ1v) is 9.78. The molecule has 0 amide bonds. The Morgan fingerprint density at radius 3 is 2.33 bits per heavy atom. The molecule has 0 heterocycles. The Labute approximate surface area is 154 Å². The van der Waals surface area contributed by atoms with Crippen LogP contribution in [-0.2, 0) is 19.8 Å². The highest BCUT2D eigenvalue weighted by Crippen LogP contribution is 2.22. The average Bonchev–Trinajstić information content (AvgIpc) is 2.61. The zero-order valence-electron chi connectivity index (χ0n) is 16.0. The molecule has 2 atom stereocenters. The summed E-state index contributed by atoms with van der Waals surface area (Å²) in [7, 11) is 2.26. The minimum absolute atomic E-state index is 0. The molecule has 0 radical (unpaired) electrons. The molecule has 0 saturated heterocycles. The van der Waals surface area contributed by atoms with Crippen LogP contribution >= 0.6 is 0 Å². The first-order valence-electron chi connectivity index (χ1n) is 7.85. The Bertz CT molecular complexity index is 484. The molecule has 24 heavy (non-hydrogen) atoms. The average molecular weight is 375 g/mol. The molecular weight excluding hydrogens is 344 g/mol. The van der Waals surface area contributed by atoms with Gasteiger partial charge in [-0.25, -0.2) is 0 Å². The molecule has 0 aliphatic rings. The normalized spacial score (nSPS) is 13.9. The maximum atomic E-state index is 5.97. The van der Waals surface area contributed by atoms with Crippen molar-refractivity contribution in [2.24, 2.45) is 11.7 Å². The molecule has 1 aromatic rings. The van der Waals surface area contributed by atoms with E-state index in [4.69, 9.17) is 19.0 Å². The highest BCUT2D eigenvalue weighted by atomic mass is 35.5. The second kappa shape index (κ2) is 11.8. The summed E-state index contributed by atoms with van der Waals surface area (Å²) in [4.78, 5) is 0. The van der Waals surface area contributed by atoms with E-state index < -0.39 is 8.80 Å². The fraction of sp³-hybridized carbons (Fsp3) is 0.529. The van der Waals surface area contributed by atoms with Crippen molar-refractivity contribution in [2.75, 3.05) is 27.9 Å². The van der Waals surface area contributed by atoms with Crippen molar-refractivity contribution in [3.63, 3.8) is 0 Å². The van der Waals surface area contributed by atoms with Crippen molar-refractivity contribution >= 4 is 14.9 Å². The molecular formula is C17H31ClN2O3Si. The molecule has 7 heteroatoms. The van der Waals surface area contributed by atoms with Gasteiger partial charge in [0, 0.05) is 40.0 Å². The highest BCUT2D eigenvalue weighted by molar-refractivity contribution is 6.60. The molecule has 0 saturated carbocycles. The standard InChI is InChI=1S/C17H30N2O3Si.ClH/c1-6-15-9-7-8-10-16(15)12-19-14(2)17(11-18)13-23(20-3,21-4)22-5;/h6-10,14,17,19H,1,11-13,18H2,2-5H3;1H. The minimum atomic E-state index is -2.63. The molecule has 0 aliphatic heterocycles. The number of nitrogens with one attached hydrogen (secondary N) is 1. The van der Waals surface area contributed by atoms with Crippen molar-refractivity contribution in [1.29, 1.82) is 0 Å². The van der Waals surface area contributed by atoms with Crippen LogP contribution in [0, 0.1) is 5.92 Å². The molecule has 3 N–H and O–H groups in total. The molecule has 2 unspecified atom stereocenters. The second-order valence-corrected chi connectivity index (χ2v) is 8.57. The fourth-order valence-corrected chi connectivity index (χ4v) is 4.78. The third-order valence-electron chi connectivity index (χ3n) is 4.34. The van der Waals surface area contributed by atoms with Crippen LogP contribution in [0.5, 0.6) is 0 Å². The zero-order valence-corrected chi connectivity index (χ0v) is 16.8. The van der Waals surface area contributed by atoms with Gasteiger partial charge in [0.2, 0.25) is 0 Å². The lowest BCUT2D eigenvalue weighted by Crippen LogP contribution is -3.00. The van der Waals surface area contributed by atoms with Crippen LogP contribution in [0.25, 0.3) is 6.08 Å². The van der Waals surface area contributed by atoms with Gasteiger partial charge in [0.15, 0.2) is 0 Å². The monoisotopic (exact) mass is 374 g/mol. The lowest BCUT2D eigenvalue weighted by atomic mass is 10.0. The largest absolute Gasteiger partial charge is 1.00 e. The van der Waals surface area contributed by atoms with Crippen LogP contribution in [0.15, 0.2) is 30.8 Å². The van der Waals surface area contributed by atoms with E-state index >= 15 is 0 Å². The second-order valence-electron chi connectivity index (χ2n) is 5.57. The molecule has 5 nitrogen and oxygen atoms in total. The van der Waals surface area contributed by atoms with E-state index in [0.717, 1.165) is 12.1 Å². The first kappa shape index (κ1) is 23.3. The molecule has 1 aromatic carbocycles. The van der Waals surface area contributed by atoms with E-state index in [9.17, 15) is 0 Å². The predicted octanol–water partition coefficient (Wildman–Crippen LogP) is -0.623. The van der Waals surface area contributed by atoms with Crippen LogP contribution in [0.4, 0.5) is 0 Å². The Morgan fingerprint density at radius 2 is 1.83 bits per heavy atom. The maximum Gasteiger partial charge on any atom is 1.00 e. The molecule has 0 bridgehead atoms. The lowest BCUT2D eigenvalue weighted by molar-refractivity contribution is -0.00000960. The third-order valence-corrected chi connectivity index (χ3v) is 7.23. The highest BCUT2D eigenvalue weighted by Gasteiger charge is 2.41. The summed E-state index contributed by atoms with van der Waals surface area (Å²) in [6.45, 7) is 7.30. The van der Waals surface area contributed by atoms with Gasteiger partial charge in [-0.2, -0.15) is 0 Å². The van der Waals surface area contributed by atoms with Gasteiger partial charge in [-0.15, -0.1) is 0 Å². The van der Waals surface area contributed by atoms with Crippen molar-refractivity contribution in [3.05, 3.63) is 42.0 Å². The number of hydrogen-bond donors (Lipinski definition) is 2. The van der Waals surface area contributed by atoms with E-state index in [1.54, 1.807) is 21.3 Å². The zero-order chi connectivity index (χ0) is 17.3. The Kier molecular flexibility index (Phi) is 11.4. The van der Waals surface area contributed by atoms with Crippen LogP contribution in [0.2, 0.25) is 6.04 Å². The summed E-state index contributed by atoms with van der Waals surface area (Å²) < 4.78 is 16.5. The lowest BCUT2D eigenvalue weighted by Gasteiger charge is -2.31. The van der Waals surface area contributed by atoms with Gasteiger partial charge in [0.1, 0.15) is 0 Å². The minimum Gasteiger partial charge on any atom is -1.00 e. The van der Waals surface area contributed by atoms with Crippen molar-refractivity contribution < 1.29 is 27.1 Å². The van der Waals surface area contributed by atoms with Crippen LogP contribution in [0.3, 0.4) is 0 Å². The van der Waals surface area contributed by atoms with E-state index in [1.807, 2.05) is 18.2 Å². The Balaban J connectivity index is 0. The number of rotatable bonds is 11. The quantitative estimate of drug-likeness (QED) is 0.505. The number of benzene rings is 1. The number of nitrogens with two attached hydrogens (primary N) is 1. The Hall–Kier alpha value is -0.733. The number of hydrogen-bond acceptors (Lipinski definition) is 5. The Morgan fingerprint density at radius 1 is 1.25 bits per heavy atom. The molecule has 138 valence electrons. The summed E-state index contributed by atoms with van der Waals surface area (Å²) in [5, 5.41) is 3.55.